The molecule has 0 amide bonds. The first-order valence-electron chi connectivity index (χ1n) is 9.12. The minimum Gasteiger partial charge on any atom is -0.298 e. The lowest BCUT2D eigenvalue weighted by Gasteiger charge is -2.65. The number of ketones is 1. The van der Waals surface area contributed by atoms with E-state index in [1.54, 1.807) is 0 Å². The molecule has 0 radical (unpaired) electrons. The van der Waals surface area contributed by atoms with Crippen molar-refractivity contribution in [1.29, 1.82) is 0 Å². The van der Waals surface area contributed by atoms with E-state index in [1.807, 2.05) is 0 Å². The quantitative estimate of drug-likeness (QED) is 0.620. The normalized spacial score (nSPS) is 52.5. The molecule has 0 atom stereocenters. The van der Waals surface area contributed by atoms with Gasteiger partial charge in [0.2, 0.25) is 0 Å². The van der Waals surface area contributed by atoms with Gasteiger partial charge in [0.1, 0.15) is 5.78 Å². The first kappa shape index (κ1) is 14.7. The van der Waals surface area contributed by atoms with Crippen LogP contribution >= 0.6 is 23.5 Å². The summed E-state index contributed by atoms with van der Waals surface area (Å²) in [5.74, 6) is 5.63. The maximum atomic E-state index is 12.7. The summed E-state index contributed by atoms with van der Waals surface area (Å²) in [6.07, 6.45) is 7.46. The van der Waals surface area contributed by atoms with Crippen LogP contribution in [0.15, 0.2) is 0 Å². The van der Waals surface area contributed by atoms with Gasteiger partial charge in [0.15, 0.2) is 0 Å². The van der Waals surface area contributed by atoms with Crippen molar-refractivity contribution in [1.82, 2.24) is 0 Å². The fourth-order valence-corrected chi connectivity index (χ4v) is 12.5. The molecule has 1 aliphatic heterocycles. The molecular formula is C19H28OS2. The monoisotopic (exact) mass is 336 g/mol. The predicted molar refractivity (Wildman–Crippen MR) is 95.1 cm³/mol. The van der Waals surface area contributed by atoms with Crippen LogP contribution in [0.25, 0.3) is 0 Å². The van der Waals surface area contributed by atoms with Crippen molar-refractivity contribution in [3.63, 3.8) is 0 Å². The lowest BCUT2D eigenvalue weighted by Crippen LogP contribution is -2.73. The van der Waals surface area contributed by atoms with Crippen molar-refractivity contribution in [3.8, 4) is 0 Å². The predicted octanol–water partition coefficient (Wildman–Crippen LogP) is 4.99. The summed E-state index contributed by atoms with van der Waals surface area (Å²) in [6, 6.07) is 0. The number of carbonyl (C=O) groups is 1. The number of hydrogen-bond acceptors (Lipinski definition) is 3. The zero-order valence-corrected chi connectivity index (χ0v) is 15.9. The maximum Gasteiger partial charge on any atom is 0.146 e. The number of Topliss-reactive ketones (excluding diaryl/α,β-unsaturated/α-hetero) is 1. The van der Waals surface area contributed by atoms with Crippen molar-refractivity contribution < 1.29 is 4.79 Å². The van der Waals surface area contributed by atoms with Gasteiger partial charge >= 0.3 is 0 Å². The molecule has 1 saturated heterocycles. The first-order valence-corrected chi connectivity index (χ1v) is 10.9. The molecule has 5 aliphatic carbocycles. The van der Waals surface area contributed by atoms with Crippen molar-refractivity contribution >= 4 is 29.3 Å². The van der Waals surface area contributed by atoms with Gasteiger partial charge in [0, 0.05) is 16.6 Å². The van der Waals surface area contributed by atoms with Gasteiger partial charge in [-0.3, -0.25) is 4.79 Å². The minimum atomic E-state index is -0.133. The van der Waals surface area contributed by atoms with Crippen LogP contribution in [-0.2, 0) is 4.79 Å². The van der Waals surface area contributed by atoms with Crippen LogP contribution in [0, 0.1) is 34.5 Å². The molecule has 0 N–H and O–H groups in total. The van der Waals surface area contributed by atoms with Gasteiger partial charge in [-0.2, -0.15) is 0 Å². The highest BCUT2D eigenvalue weighted by Gasteiger charge is 2.78. The summed E-state index contributed by atoms with van der Waals surface area (Å²) < 4.78 is 0.639. The summed E-state index contributed by atoms with van der Waals surface area (Å²) in [5.41, 5.74) is -0.265. The van der Waals surface area contributed by atoms with Crippen LogP contribution in [0.1, 0.15) is 59.8 Å². The van der Waals surface area contributed by atoms with Gasteiger partial charge < -0.3 is 0 Å². The topological polar surface area (TPSA) is 17.1 Å². The van der Waals surface area contributed by atoms with E-state index in [1.165, 1.54) is 37.9 Å². The van der Waals surface area contributed by atoms with Gasteiger partial charge in [-0.15, -0.1) is 23.5 Å². The van der Waals surface area contributed by atoms with Gasteiger partial charge in [-0.1, -0.05) is 27.7 Å². The Kier molecular flexibility index (Phi) is 2.64. The van der Waals surface area contributed by atoms with Crippen molar-refractivity contribution in [2.75, 3.05) is 5.75 Å². The Labute approximate surface area is 143 Å². The largest absolute Gasteiger partial charge is 0.298 e. The van der Waals surface area contributed by atoms with E-state index in [-0.39, 0.29) is 15.6 Å². The third-order valence-electron chi connectivity index (χ3n) is 8.27. The van der Waals surface area contributed by atoms with Crippen molar-refractivity contribution in [3.05, 3.63) is 0 Å². The molecular weight excluding hydrogens is 308 g/mol. The Hall–Kier alpha value is 0.370. The van der Waals surface area contributed by atoms with Crippen LogP contribution in [0.5, 0.6) is 0 Å². The Morgan fingerprint density at radius 1 is 0.864 bits per heavy atom. The van der Waals surface area contributed by atoms with Crippen molar-refractivity contribution in [2.24, 2.45) is 34.5 Å². The number of rotatable bonds is 0. The SMILES string of the molecule is CC1(C)C(=O)C(C)(C)C12CSC1(S2)C2CC3CC(C2)CC1C3. The summed E-state index contributed by atoms with van der Waals surface area (Å²) >= 11 is 4.58. The summed E-state index contributed by atoms with van der Waals surface area (Å²) in [4.78, 5) is 12.7. The van der Waals surface area contributed by atoms with Crippen LogP contribution in [-0.4, -0.2) is 20.4 Å². The van der Waals surface area contributed by atoms with Gasteiger partial charge in [-0.25, -0.2) is 0 Å². The van der Waals surface area contributed by atoms with Crippen LogP contribution < -0.4 is 0 Å². The molecule has 0 aromatic heterocycles. The molecule has 2 spiro atoms. The Balaban J connectivity index is 1.54. The molecule has 1 nitrogen and oxygen atoms in total. The van der Waals surface area contributed by atoms with Crippen LogP contribution in [0.2, 0.25) is 0 Å². The van der Waals surface area contributed by atoms with E-state index in [9.17, 15) is 4.79 Å². The fourth-order valence-electron chi connectivity index (χ4n) is 7.27. The average molecular weight is 337 g/mol. The summed E-state index contributed by atoms with van der Waals surface area (Å²) in [5, 5.41) is 0. The molecule has 0 aromatic rings. The lowest BCUT2D eigenvalue weighted by atomic mass is 9.47. The minimum absolute atomic E-state index is 0.133. The maximum absolute atomic E-state index is 12.7. The molecule has 4 bridgehead atoms. The molecule has 5 saturated carbocycles. The molecule has 6 fully saturated rings. The third kappa shape index (κ3) is 1.35. The zero-order chi connectivity index (χ0) is 15.5. The molecule has 1 heterocycles. The molecule has 22 heavy (non-hydrogen) atoms. The Morgan fingerprint density at radius 2 is 1.36 bits per heavy atom. The summed E-state index contributed by atoms with van der Waals surface area (Å²) in [6.45, 7) is 8.90. The second kappa shape index (κ2) is 3.95. The van der Waals surface area contributed by atoms with Gasteiger partial charge in [-0.05, 0) is 55.8 Å². The third-order valence-corrected chi connectivity index (χ3v) is 13.2. The molecule has 6 rings (SSSR count). The van der Waals surface area contributed by atoms with Crippen LogP contribution in [0.4, 0.5) is 0 Å². The first-order chi connectivity index (χ1) is 10.2. The standard InChI is InChI=1S/C19H28OS2/c1-16(2)15(20)17(3,4)18(16)10-21-19(22-18)13-6-11-5-12(8-13)9-14(19)7-11/h11-14H,5-10H2,1-4H3. The molecule has 0 aromatic carbocycles. The Morgan fingerprint density at radius 3 is 1.86 bits per heavy atom. The van der Waals surface area contributed by atoms with E-state index in [0.717, 1.165) is 23.7 Å². The molecule has 122 valence electrons. The van der Waals surface area contributed by atoms with E-state index >= 15 is 0 Å². The molecule has 3 heteroatoms. The van der Waals surface area contributed by atoms with Crippen molar-refractivity contribution in [2.45, 2.75) is 68.6 Å². The second-order valence-corrected chi connectivity index (χ2v) is 12.9. The molecule has 0 unspecified atom stereocenters. The highest BCUT2D eigenvalue weighted by molar-refractivity contribution is 8.22. The molecule has 6 aliphatic rings. The fraction of sp³-hybridized carbons (Fsp3) is 0.947. The van der Waals surface area contributed by atoms with Crippen LogP contribution in [0.3, 0.4) is 0 Å². The highest BCUT2D eigenvalue weighted by atomic mass is 32.2. The highest BCUT2D eigenvalue weighted by Crippen LogP contribution is 2.80. The van der Waals surface area contributed by atoms with E-state index in [0.29, 0.717) is 9.86 Å². The van der Waals surface area contributed by atoms with Gasteiger partial charge in [0.25, 0.3) is 0 Å². The van der Waals surface area contributed by atoms with Gasteiger partial charge in [0.05, 0.1) is 8.83 Å². The Bertz CT molecular complexity index is 516. The van der Waals surface area contributed by atoms with E-state index in [4.69, 9.17) is 0 Å². The lowest BCUT2D eigenvalue weighted by molar-refractivity contribution is -0.157. The van der Waals surface area contributed by atoms with E-state index < -0.39 is 0 Å². The number of hydrogen-bond donors (Lipinski definition) is 0. The van der Waals surface area contributed by atoms with E-state index in [2.05, 4.69) is 51.2 Å². The average Bonchev–Trinajstić information content (AvgIpc) is 2.88. The number of thioether (sulfide) groups is 2. The summed E-state index contributed by atoms with van der Waals surface area (Å²) in [7, 11) is 0. The number of carbonyl (C=O) groups excluding carboxylic acids is 1. The zero-order valence-electron chi connectivity index (χ0n) is 14.3. The second-order valence-electron chi connectivity index (χ2n) is 9.82. The smallest absolute Gasteiger partial charge is 0.146 e.